The van der Waals surface area contributed by atoms with E-state index >= 15 is 0 Å². The average molecular weight is 472 g/mol. The van der Waals surface area contributed by atoms with Crippen molar-refractivity contribution in [3.8, 4) is 5.69 Å². The second-order valence-electron chi connectivity index (χ2n) is 6.90. The first-order valence-electron chi connectivity index (χ1n) is 9.59. The molecule has 0 radical (unpaired) electrons. The lowest BCUT2D eigenvalue weighted by atomic mass is 10.3. The van der Waals surface area contributed by atoms with Gasteiger partial charge in [0, 0.05) is 15.8 Å². The van der Waals surface area contributed by atoms with Crippen LogP contribution in [0.25, 0.3) is 5.69 Å². The SMILES string of the molecule is O=C(CSc1nnc(CN2CCCC2)n1-c1ccccc1)Nc1ccc(Br)cc1. The Balaban J connectivity index is 1.48. The van der Waals surface area contributed by atoms with Crippen molar-refractivity contribution in [2.75, 3.05) is 24.2 Å². The van der Waals surface area contributed by atoms with Gasteiger partial charge in [-0.1, -0.05) is 45.9 Å². The summed E-state index contributed by atoms with van der Waals surface area (Å²) in [6, 6.07) is 17.6. The Morgan fingerprint density at radius 2 is 1.76 bits per heavy atom. The summed E-state index contributed by atoms with van der Waals surface area (Å²) < 4.78 is 3.04. The average Bonchev–Trinajstić information content (AvgIpc) is 3.39. The molecule has 1 amide bonds. The number of rotatable bonds is 7. The van der Waals surface area contributed by atoms with Crippen LogP contribution in [-0.4, -0.2) is 44.4 Å². The summed E-state index contributed by atoms with van der Waals surface area (Å²) in [5, 5.41) is 12.5. The van der Waals surface area contributed by atoms with Gasteiger partial charge in [0.05, 0.1) is 12.3 Å². The van der Waals surface area contributed by atoms with Crippen molar-refractivity contribution in [2.45, 2.75) is 24.5 Å². The van der Waals surface area contributed by atoms with Gasteiger partial charge in [0.25, 0.3) is 0 Å². The number of hydrogen-bond donors (Lipinski definition) is 1. The highest BCUT2D eigenvalue weighted by Gasteiger charge is 2.20. The van der Waals surface area contributed by atoms with E-state index < -0.39 is 0 Å². The van der Waals surface area contributed by atoms with Gasteiger partial charge in [-0.25, -0.2) is 0 Å². The van der Waals surface area contributed by atoms with E-state index in [1.54, 1.807) is 0 Å². The highest BCUT2D eigenvalue weighted by atomic mass is 79.9. The Morgan fingerprint density at radius 3 is 2.48 bits per heavy atom. The molecule has 2 aromatic carbocycles. The van der Waals surface area contributed by atoms with Crippen LogP contribution in [-0.2, 0) is 11.3 Å². The number of nitrogens with one attached hydrogen (secondary N) is 1. The number of aromatic nitrogens is 3. The minimum absolute atomic E-state index is 0.0685. The number of likely N-dealkylation sites (tertiary alicyclic amines) is 1. The molecule has 1 aliphatic rings. The highest BCUT2D eigenvalue weighted by molar-refractivity contribution is 9.10. The Labute approximate surface area is 182 Å². The Morgan fingerprint density at radius 1 is 1.03 bits per heavy atom. The van der Waals surface area contributed by atoms with E-state index in [0.29, 0.717) is 0 Å². The molecule has 4 rings (SSSR count). The fourth-order valence-corrected chi connectivity index (χ4v) is 4.37. The molecule has 1 aliphatic heterocycles. The van der Waals surface area contributed by atoms with Crippen LogP contribution in [0.4, 0.5) is 5.69 Å². The summed E-state index contributed by atoms with van der Waals surface area (Å²) in [5.41, 5.74) is 1.79. The van der Waals surface area contributed by atoms with E-state index in [1.165, 1.54) is 24.6 Å². The van der Waals surface area contributed by atoms with E-state index in [1.807, 2.05) is 54.6 Å². The van der Waals surface area contributed by atoms with Crippen LogP contribution in [0.5, 0.6) is 0 Å². The topological polar surface area (TPSA) is 63.1 Å². The lowest BCUT2D eigenvalue weighted by molar-refractivity contribution is -0.113. The molecular weight excluding hydrogens is 450 g/mol. The first kappa shape index (κ1) is 20.1. The normalized spacial score (nSPS) is 14.2. The maximum atomic E-state index is 12.4. The van der Waals surface area contributed by atoms with Gasteiger partial charge in [-0.05, 0) is 62.3 Å². The van der Waals surface area contributed by atoms with E-state index in [4.69, 9.17) is 0 Å². The summed E-state index contributed by atoms with van der Waals surface area (Å²) in [6.45, 7) is 2.97. The molecule has 0 bridgehead atoms. The molecule has 2 heterocycles. The Hall–Kier alpha value is -2.16. The molecule has 29 heavy (non-hydrogen) atoms. The number of amides is 1. The van der Waals surface area contributed by atoms with Crippen molar-refractivity contribution in [1.82, 2.24) is 19.7 Å². The number of para-hydroxylation sites is 1. The minimum atomic E-state index is -0.0685. The van der Waals surface area contributed by atoms with Crippen molar-refractivity contribution in [3.05, 3.63) is 64.9 Å². The first-order chi connectivity index (χ1) is 14.2. The molecule has 150 valence electrons. The van der Waals surface area contributed by atoms with Gasteiger partial charge >= 0.3 is 0 Å². The van der Waals surface area contributed by atoms with E-state index in [0.717, 1.165) is 46.5 Å². The van der Waals surface area contributed by atoms with Gasteiger partial charge in [-0.3, -0.25) is 14.3 Å². The molecule has 1 fully saturated rings. The van der Waals surface area contributed by atoms with Crippen LogP contribution >= 0.6 is 27.7 Å². The van der Waals surface area contributed by atoms with Gasteiger partial charge in [0.2, 0.25) is 5.91 Å². The van der Waals surface area contributed by atoms with E-state index in [-0.39, 0.29) is 11.7 Å². The van der Waals surface area contributed by atoms with Crippen molar-refractivity contribution >= 4 is 39.3 Å². The third-order valence-electron chi connectivity index (χ3n) is 4.74. The lowest BCUT2D eigenvalue weighted by Gasteiger charge is -2.16. The van der Waals surface area contributed by atoms with Gasteiger partial charge in [-0.15, -0.1) is 10.2 Å². The van der Waals surface area contributed by atoms with Crippen molar-refractivity contribution < 1.29 is 4.79 Å². The number of thioether (sulfide) groups is 1. The molecule has 1 N–H and O–H groups in total. The minimum Gasteiger partial charge on any atom is -0.325 e. The second-order valence-corrected chi connectivity index (χ2v) is 8.75. The molecule has 3 aromatic rings. The van der Waals surface area contributed by atoms with Gasteiger partial charge in [-0.2, -0.15) is 0 Å². The number of carbonyl (C=O) groups excluding carboxylic acids is 1. The molecule has 0 atom stereocenters. The van der Waals surface area contributed by atoms with Crippen molar-refractivity contribution in [3.63, 3.8) is 0 Å². The van der Waals surface area contributed by atoms with Crippen LogP contribution in [0.3, 0.4) is 0 Å². The van der Waals surface area contributed by atoms with E-state index in [2.05, 4.69) is 40.9 Å². The molecule has 1 saturated heterocycles. The number of anilines is 1. The van der Waals surface area contributed by atoms with Crippen LogP contribution in [0.15, 0.2) is 64.2 Å². The number of nitrogens with zero attached hydrogens (tertiary/aromatic N) is 4. The predicted molar refractivity (Wildman–Crippen MR) is 119 cm³/mol. The summed E-state index contributed by atoms with van der Waals surface area (Å²) in [6.07, 6.45) is 2.47. The maximum Gasteiger partial charge on any atom is 0.234 e. The third kappa shape index (κ3) is 5.26. The monoisotopic (exact) mass is 471 g/mol. The fraction of sp³-hybridized carbons (Fsp3) is 0.286. The fourth-order valence-electron chi connectivity index (χ4n) is 3.33. The zero-order valence-corrected chi connectivity index (χ0v) is 18.3. The molecule has 1 aromatic heterocycles. The van der Waals surface area contributed by atoms with Crippen molar-refractivity contribution in [2.24, 2.45) is 0 Å². The maximum absolute atomic E-state index is 12.4. The Bertz CT molecular complexity index is 955. The predicted octanol–water partition coefficient (Wildman–Crippen LogP) is 4.36. The summed E-state index contributed by atoms with van der Waals surface area (Å²) in [5.74, 6) is 1.11. The summed E-state index contributed by atoms with van der Waals surface area (Å²) in [7, 11) is 0. The smallest absolute Gasteiger partial charge is 0.234 e. The summed E-state index contributed by atoms with van der Waals surface area (Å²) >= 11 is 4.80. The molecule has 0 aliphatic carbocycles. The zero-order chi connectivity index (χ0) is 20.1. The number of hydrogen-bond acceptors (Lipinski definition) is 5. The second kappa shape index (κ2) is 9.56. The van der Waals surface area contributed by atoms with E-state index in [9.17, 15) is 4.79 Å². The van der Waals surface area contributed by atoms with Crippen LogP contribution in [0, 0.1) is 0 Å². The molecule has 0 unspecified atom stereocenters. The molecule has 6 nitrogen and oxygen atoms in total. The quantitative estimate of drug-likeness (QED) is 0.518. The molecular formula is C21H22BrN5OS. The van der Waals surface area contributed by atoms with Crippen molar-refractivity contribution in [1.29, 1.82) is 0 Å². The Kier molecular flexibility index (Phi) is 6.63. The lowest BCUT2D eigenvalue weighted by Crippen LogP contribution is -2.21. The number of benzene rings is 2. The van der Waals surface area contributed by atoms with Gasteiger partial charge in [0.15, 0.2) is 11.0 Å². The van der Waals surface area contributed by atoms with Crippen LogP contribution in [0.2, 0.25) is 0 Å². The van der Waals surface area contributed by atoms with Crippen LogP contribution in [0.1, 0.15) is 18.7 Å². The molecule has 0 spiro atoms. The van der Waals surface area contributed by atoms with Gasteiger partial charge in [0.1, 0.15) is 0 Å². The highest BCUT2D eigenvalue weighted by Crippen LogP contribution is 2.24. The van der Waals surface area contributed by atoms with Crippen LogP contribution < -0.4 is 5.32 Å². The number of halogens is 1. The third-order valence-corrected chi connectivity index (χ3v) is 6.20. The summed E-state index contributed by atoms with van der Waals surface area (Å²) in [4.78, 5) is 14.8. The molecule has 0 saturated carbocycles. The standard InChI is InChI=1S/C21H22BrN5OS/c22-16-8-10-17(11-9-16)23-20(28)15-29-21-25-24-19(14-26-12-4-5-13-26)27(21)18-6-2-1-3-7-18/h1-3,6-11H,4-5,12-15H2,(H,23,28). The zero-order valence-electron chi connectivity index (χ0n) is 15.9. The number of carbonyl (C=O) groups is 1. The largest absolute Gasteiger partial charge is 0.325 e. The van der Waals surface area contributed by atoms with Gasteiger partial charge < -0.3 is 5.32 Å². The first-order valence-corrected chi connectivity index (χ1v) is 11.4. The molecule has 8 heteroatoms.